The molecule has 1 aromatic rings. The van der Waals surface area contributed by atoms with Gasteiger partial charge in [0.1, 0.15) is 0 Å². The van der Waals surface area contributed by atoms with Crippen LogP contribution in [0.3, 0.4) is 0 Å². The van der Waals surface area contributed by atoms with E-state index in [4.69, 9.17) is 9.47 Å². The van der Waals surface area contributed by atoms with E-state index in [9.17, 15) is 13.2 Å². The third-order valence-electron chi connectivity index (χ3n) is 3.33. The molecule has 1 N–H and O–H groups in total. The average molecular weight is 342 g/mol. The molecule has 7 nitrogen and oxygen atoms in total. The SMILES string of the molecule is CC(C)(C)C(=O)NCCN(c1ccc2c(c1)OCO2)S(C)(=O)=O. The lowest BCUT2D eigenvalue weighted by Gasteiger charge is -2.24. The number of ether oxygens (including phenoxy) is 2. The summed E-state index contributed by atoms with van der Waals surface area (Å²) in [6.45, 7) is 5.88. The Kier molecular flexibility index (Phi) is 4.74. The van der Waals surface area contributed by atoms with Gasteiger partial charge in [-0.2, -0.15) is 0 Å². The van der Waals surface area contributed by atoms with E-state index in [-0.39, 0.29) is 25.8 Å². The number of anilines is 1. The summed E-state index contributed by atoms with van der Waals surface area (Å²) in [5, 5.41) is 2.75. The molecule has 1 aliphatic rings. The number of nitrogens with one attached hydrogen (secondary N) is 1. The Morgan fingerprint density at radius 3 is 2.52 bits per heavy atom. The van der Waals surface area contributed by atoms with Crippen LogP contribution in [0.4, 0.5) is 5.69 Å². The second-order valence-electron chi connectivity index (χ2n) is 6.38. The molecule has 0 saturated heterocycles. The van der Waals surface area contributed by atoms with Gasteiger partial charge in [-0.1, -0.05) is 20.8 Å². The Bertz CT molecular complexity index is 694. The van der Waals surface area contributed by atoms with Gasteiger partial charge in [-0.25, -0.2) is 8.42 Å². The summed E-state index contributed by atoms with van der Waals surface area (Å²) in [5.74, 6) is 0.967. The van der Waals surface area contributed by atoms with Gasteiger partial charge >= 0.3 is 0 Å². The monoisotopic (exact) mass is 342 g/mol. The van der Waals surface area contributed by atoms with Crippen LogP contribution in [0.25, 0.3) is 0 Å². The van der Waals surface area contributed by atoms with Crippen molar-refractivity contribution in [2.75, 3.05) is 30.4 Å². The third-order valence-corrected chi connectivity index (χ3v) is 4.52. The molecule has 1 aromatic carbocycles. The van der Waals surface area contributed by atoms with E-state index >= 15 is 0 Å². The summed E-state index contributed by atoms with van der Waals surface area (Å²) < 4.78 is 35.8. The van der Waals surface area contributed by atoms with Gasteiger partial charge in [-0.15, -0.1) is 0 Å². The summed E-state index contributed by atoms with van der Waals surface area (Å²) in [6.07, 6.45) is 1.13. The van der Waals surface area contributed by atoms with Crippen molar-refractivity contribution in [3.05, 3.63) is 18.2 Å². The highest BCUT2D eigenvalue weighted by molar-refractivity contribution is 7.92. The quantitative estimate of drug-likeness (QED) is 0.873. The lowest BCUT2D eigenvalue weighted by Crippen LogP contribution is -2.41. The number of nitrogens with zero attached hydrogens (tertiary/aromatic N) is 1. The van der Waals surface area contributed by atoms with E-state index in [0.717, 1.165) is 6.26 Å². The molecule has 0 fully saturated rings. The number of hydrogen-bond acceptors (Lipinski definition) is 5. The summed E-state index contributed by atoms with van der Waals surface area (Å²) in [5.41, 5.74) is -0.0453. The van der Waals surface area contributed by atoms with Crippen LogP contribution in [0.1, 0.15) is 20.8 Å². The molecule has 0 spiro atoms. The minimum Gasteiger partial charge on any atom is -0.454 e. The molecular weight excluding hydrogens is 320 g/mol. The van der Waals surface area contributed by atoms with Gasteiger partial charge < -0.3 is 14.8 Å². The predicted molar refractivity (Wildman–Crippen MR) is 87.2 cm³/mol. The van der Waals surface area contributed by atoms with E-state index in [0.29, 0.717) is 17.2 Å². The zero-order chi connectivity index (χ0) is 17.3. The first-order valence-corrected chi connectivity index (χ1v) is 9.09. The number of carbonyl (C=O) groups is 1. The normalized spacial score (nSPS) is 13.7. The highest BCUT2D eigenvalue weighted by Gasteiger charge is 2.23. The maximum absolute atomic E-state index is 12.0. The highest BCUT2D eigenvalue weighted by atomic mass is 32.2. The summed E-state index contributed by atoms with van der Waals surface area (Å²) in [6, 6.07) is 4.94. The van der Waals surface area contributed by atoms with Crippen molar-refractivity contribution in [1.29, 1.82) is 0 Å². The topological polar surface area (TPSA) is 84.9 Å². The van der Waals surface area contributed by atoms with Crippen molar-refractivity contribution in [3.63, 3.8) is 0 Å². The van der Waals surface area contributed by atoms with Crippen molar-refractivity contribution >= 4 is 21.6 Å². The van der Waals surface area contributed by atoms with Gasteiger partial charge in [-0.3, -0.25) is 9.10 Å². The van der Waals surface area contributed by atoms with Crippen LogP contribution >= 0.6 is 0 Å². The van der Waals surface area contributed by atoms with E-state index in [1.54, 1.807) is 39.0 Å². The molecule has 1 heterocycles. The number of rotatable bonds is 5. The molecule has 1 aliphatic heterocycles. The molecular formula is C15H22N2O5S. The summed E-state index contributed by atoms with van der Waals surface area (Å²) in [4.78, 5) is 11.9. The van der Waals surface area contributed by atoms with Gasteiger partial charge in [-0.05, 0) is 12.1 Å². The van der Waals surface area contributed by atoms with Crippen LogP contribution in [-0.2, 0) is 14.8 Å². The minimum atomic E-state index is -3.48. The van der Waals surface area contributed by atoms with Crippen molar-refractivity contribution < 1.29 is 22.7 Å². The molecule has 0 unspecified atom stereocenters. The molecule has 0 atom stereocenters. The molecule has 0 aromatic heterocycles. The first-order chi connectivity index (χ1) is 10.6. The second-order valence-corrected chi connectivity index (χ2v) is 8.29. The van der Waals surface area contributed by atoms with Gasteiger partial charge in [0.2, 0.25) is 22.7 Å². The van der Waals surface area contributed by atoms with Crippen molar-refractivity contribution in [3.8, 4) is 11.5 Å². The third kappa shape index (κ3) is 4.28. The summed E-state index contributed by atoms with van der Waals surface area (Å²) >= 11 is 0. The van der Waals surface area contributed by atoms with E-state index in [2.05, 4.69) is 5.32 Å². The second kappa shape index (κ2) is 6.27. The number of amides is 1. The molecule has 1 amide bonds. The Hall–Kier alpha value is -1.96. The van der Waals surface area contributed by atoms with Crippen molar-refractivity contribution in [2.45, 2.75) is 20.8 Å². The number of hydrogen-bond donors (Lipinski definition) is 1. The largest absolute Gasteiger partial charge is 0.454 e. The van der Waals surface area contributed by atoms with Crippen LogP contribution in [0.2, 0.25) is 0 Å². The molecule has 8 heteroatoms. The van der Waals surface area contributed by atoms with Gasteiger partial charge in [0.15, 0.2) is 11.5 Å². The Morgan fingerprint density at radius 2 is 1.91 bits per heavy atom. The number of sulfonamides is 1. The number of benzene rings is 1. The number of carbonyl (C=O) groups excluding carboxylic acids is 1. The fourth-order valence-corrected chi connectivity index (χ4v) is 2.98. The van der Waals surface area contributed by atoms with Crippen molar-refractivity contribution in [1.82, 2.24) is 5.32 Å². The molecule has 0 aliphatic carbocycles. The zero-order valence-corrected chi connectivity index (χ0v) is 14.6. The molecule has 128 valence electrons. The molecule has 0 bridgehead atoms. The van der Waals surface area contributed by atoms with Crippen LogP contribution in [0, 0.1) is 5.41 Å². The first kappa shape index (κ1) is 17.4. The van der Waals surface area contributed by atoms with E-state index in [1.807, 2.05) is 0 Å². The van der Waals surface area contributed by atoms with E-state index < -0.39 is 15.4 Å². The zero-order valence-electron chi connectivity index (χ0n) is 13.8. The van der Waals surface area contributed by atoms with Crippen LogP contribution in [0.5, 0.6) is 11.5 Å². The number of fused-ring (bicyclic) bond motifs is 1. The average Bonchev–Trinajstić information content (AvgIpc) is 2.88. The molecule has 0 radical (unpaired) electrons. The van der Waals surface area contributed by atoms with Crippen LogP contribution in [-0.4, -0.2) is 40.5 Å². The van der Waals surface area contributed by atoms with E-state index in [1.165, 1.54) is 4.31 Å². The van der Waals surface area contributed by atoms with Crippen molar-refractivity contribution in [2.24, 2.45) is 5.41 Å². The highest BCUT2D eigenvalue weighted by Crippen LogP contribution is 2.35. The molecule has 2 rings (SSSR count). The fourth-order valence-electron chi connectivity index (χ4n) is 2.06. The predicted octanol–water partition coefficient (Wildman–Crippen LogP) is 1.34. The van der Waals surface area contributed by atoms with Gasteiger partial charge in [0.25, 0.3) is 0 Å². The molecule has 23 heavy (non-hydrogen) atoms. The maximum Gasteiger partial charge on any atom is 0.232 e. The lowest BCUT2D eigenvalue weighted by atomic mass is 9.96. The lowest BCUT2D eigenvalue weighted by molar-refractivity contribution is -0.128. The fraction of sp³-hybridized carbons (Fsp3) is 0.533. The standard InChI is InChI=1S/C15H22N2O5S/c1-15(2,3)14(18)16-7-8-17(23(4,19)20)11-5-6-12-13(9-11)22-10-21-12/h5-6,9H,7-8,10H2,1-4H3,(H,16,18). The Balaban J connectivity index is 2.11. The van der Waals surface area contributed by atoms with Gasteiger partial charge in [0, 0.05) is 18.0 Å². The summed E-state index contributed by atoms with van der Waals surface area (Å²) in [7, 11) is -3.48. The van der Waals surface area contributed by atoms with Crippen LogP contribution < -0.4 is 19.1 Å². The van der Waals surface area contributed by atoms with Gasteiger partial charge in [0.05, 0.1) is 18.5 Å². The minimum absolute atomic E-state index is 0.124. The Morgan fingerprint density at radius 1 is 1.26 bits per heavy atom. The smallest absolute Gasteiger partial charge is 0.232 e. The van der Waals surface area contributed by atoms with Crippen LogP contribution in [0.15, 0.2) is 18.2 Å². The first-order valence-electron chi connectivity index (χ1n) is 7.25. The maximum atomic E-state index is 12.0. The Labute approximate surface area is 136 Å². The molecule has 0 saturated carbocycles.